The fraction of sp³-hybridized carbons (Fsp3) is 1.00. The summed E-state index contributed by atoms with van der Waals surface area (Å²) >= 11 is 0. The number of hydrogen-bond acceptors (Lipinski definition) is 1. The van der Waals surface area contributed by atoms with Gasteiger partial charge in [0.25, 0.3) is 0 Å². The number of methoxy groups -OCH3 is 1. The van der Waals surface area contributed by atoms with E-state index in [-0.39, 0.29) is 32.7 Å². The molecule has 0 rings (SSSR count). The summed E-state index contributed by atoms with van der Waals surface area (Å²) in [4.78, 5) is 0. The summed E-state index contributed by atoms with van der Waals surface area (Å²) in [5, 5.41) is 0. The number of likely N-dealkylation sites (N-methyl/N-ethyl adjacent to an activating group) is 1. The van der Waals surface area contributed by atoms with Gasteiger partial charge >= 0.3 is 0 Å². The van der Waals surface area contributed by atoms with E-state index in [0.29, 0.717) is 0 Å². The van der Waals surface area contributed by atoms with E-state index >= 15 is 0 Å². The summed E-state index contributed by atoms with van der Waals surface area (Å²) in [6.45, 7) is 5.33. The number of quaternary nitrogens is 1. The summed E-state index contributed by atoms with van der Waals surface area (Å²) in [5.41, 5.74) is 0. The monoisotopic (exact) mass is 221 g/mol. The Hall–Kier alpha value is 1.02. The summed E-state index contributed by atoms with van der Waals surface area (Å²) in [5.74, 6) is 0. The first-order valence-electron chi connectivity index (χ1n) is 3.43. The van der Waals surface area contributed by atoms with Crippen LogP contribution in [0, 0.1) is 0 Å². The van der Waals surface area contributed by atoms with Gasteiger partial charge in [-0.2, -0.15) is 0 Å². The van der Waals surface area contributed by atoms with Gasteiger partial charge in [0, 0.05) is 39.8 Å². The molecule has 10 heavy (non-hydrogen) atoms. The Morgan fingerprint density at radius 3 is 2.10 bits per heavy atom. The van der Waals surface area contributed by atoms with Crippen LogP contribution in [-0.4, -0.2) is 45.4 Å². The second-order valence-electron chi connectivity index (χ2n) is 2.97. The molecule has 0 heterocycles. The van der Waals surface area contributed by atoms with Gasteiger partial charge in [0.15, 0.2) is 0 Å². The van der Waals surface area contributed by atoms with Gasteiger partial charge in [0.05, 0.1) is 27.2 Å². The van der Waals surface area contributed by atoms with E-state index < -0.39 is 0 Å². The number of hydrogen-bond donors (Lipinski definition) is 0. The van der Waals surface area contributed by atoms with Gasteiger partial charge in [-0.1, -0.05) is 0 Å². The van der Waals surface area contributed by atoms with E-state index in [2.05, 4.69) is 21.0 Å². The molecule has 0 spiro atoms. The van der Waals surface area contributed by atoms with Crippen molar-refractivity contribution < 1.29 is 41.9 Å². The zero-order valence-corrected chi connectivity index (χ0v) is 10.4. The van der Waals surface area contributed by atoms with Gasteiger partial charge in [-0.25, -0.2) is 0 Å². The molecule has 0 saturated carbocycles. The van der Waals surface area contributed by atoms with Gasteiger partial charge in [-0.15, -0.1) is 0 Å². The predicted molar refractivity (Wildman–Crippen MR) is 39.4 cm³/mol. The second kappa shape index (κ2) is 6.72. The molecule has 0 atom stereocenters. The average Bonchev–Trinajstić information content (AvgIpc) is 1.84. The van der Waals surface area contributed by atoms with Crippen molar-refractivity contribution in [1.82, 2.24) is 0 Å². The topological polar surface area (TPSA) is 9.23 Å². The summed E-state index contributed by atoms with van der Waals surface area (Å²) in [6.07, 6.45) is 0. The zero-order valence-electron chi connectivity index (χ0n) is 7.55. The first-order valence-corrected chi connectivity index (χ1v) is 3.43. The molecule has 0 bridgehead atoms. The van der Waals surface area contributed by atoms with Crippen molar-refractivity contribution in [3.8, 4) is 0 Å². The van der Waals surface area contributed by atoms with Gasteiger partial charge < -0.3 is 9.22 Å². The van der Waals surface area contributed by atoms with Gasteiger partial charge in [0.2, 0.25) is 0 Å². The van der Waals surface area contributed by atoms with Crippen molar-refractivity contribution in [1.29, 1.82) is 0 Å². The SMILES string of the molecule is CC[N+](C)(C)CCOC.[Y]. The Morgan fingerprint density at radius 2 is 1.80 bits per heavy atom. The smallest absolute Gasteiger partial charge is 0.102 e. The maximum Gasteiger partial charge on any atom is 0.102 e. The molecule has 2 nitrogen and oxygen atoms in total. The van der Waals surface area contributed by atoms with E-state index in [1.807, 2.05) is 0 Å². The molecular weight excluding hydrogens is 203 g/mol. The Labute approximate surface area is 89.4 Å². The van der Waals surface area contributed by atoms with Crippen molar-refractivity contribution >= 4 is 0 Å². The minimum Gasteiger partial charge on any atom is -0.379 e. The molecule has 0 aliphatic rings. The third kappa shape index (κ3) is 7.13. The van der Waals surface area contributed by atoms with Gasteiger partial charge in [0.1, 0.15) is 6.54 Å². The minimum absolute atomic E-state index is 0. The molecular formula is C7H18NOY+. The first-order chi connectivity index (χ1) is 4.12. The third-order valence-corrected chi connectivity index (χ3v) is 1.76. The minimum atomic E-state index is 0. The van der Waals surface area contributed by atoms with E-state index in [1.165, 1.54) is 6.54 Å². The van der Waals surface area contributed by atoms with E-state index in [1.54, 1.807) is 7.11 Å². The molecule has 0 aromatic carbocycles. The number of rotatable bonds is 4. The molecule has 0 fully saturated rings. The van der Waals surface area contributed by atoms with Crippen LogP contribution in [0.4, 0.5) is 0 Å². The van der Waals surface area contributed by atoms with Crippen LogP contribution < -0.4 is 0 Å². The van der Waals surface area contributed by atoms with Crippen LogP contribution in [0.3, 0.4) is 0 Å². The number of ether oxygens (including phenoxy) is 1. The van der Waals surface area contributed by atoms with Crippen molar-refractivity contribution in [2.45, 2.75) is 6.92 Å². The van der Waals surface area contributed by atoms with Crippen LogP contribution in [0.15, 0.2) is 0 Å². The number of nitrogens with zero attached hydrogens (tertiary/aromatic N) is 1. The molecule has 3 heteroatoms. The van der Waals surface area contributed by atoms with Crippen molar-refractivity contribution in [3.63, 3.8) is 0 Å². The summed E-state index contributed by atoms with van der Waals surface area (Å²) < 4.78 is 6.01. The molecule has 1 radical (unpaired) electrons. The Balaban J connectivity index is 0. The molecule has 0 N–H and O–H groups in total. The summed E-state index contributed by atoms with van der Waals surface area (Å²) in [6, 6.07) is 0. The van der Waals surface area contributed by atoms with Crippen molar-refractivity contribution in [3.05, 3.63) is 0 Å². The van der Waals surface area contributed by atoms with Gasteiger partial charge in [-0.3, -0.25) is 0 Å². The molecule has 0 amide bonds. The molecule has 0 aromatic rings. The second-order valence-corrected chi connectivity index (χ2v) is 2.97. The van der Waals surface area contributed by atoms with Crippen LogP contribution >= 0.6 is 0 Å². The van der Waals surface area contributed by atoms with E-state index in [0.717, 1.165) is 17.6 Å². The van der Waals surface area contributed by atoms with Crippen molar-refractivity contribution in [2.24, 2.45) is 0 Å². The van der Waals surface area contributed by atoms with Crippen LogP contribution in [0.5, 0.6) is 0 Å². The molecule has 0 aliphatic heterocycles. The Morgan fingerprint density at radius 1 is 1.30 bits per heavy atom. The third-order valence-electron chi connectivity index (χ3n) is 1.76. The maximum atomic E-state index is 4.96. The van der Waals surface area contributed by atoms with Crippen LogP contribution in [0.25, 0.3) is 0 Å². The quantitative estimate of drug-likeness (QED) is 0.636. The normalized spacial score (nSPS) is 10.8. The standard InChI is InChI=1S/C7H18NO.Y/c1-5-8(2,3)6-7-9-4;/h5-7H2,1-4H3;/q+1;. The molecule has 59 valence electrons. The largest absolute Gasteiger partial charge is 0.379 e. The van der Waals surface area contributed by atoms with Crippen LogP contribution in [0.1, 0.15) is 6.92 Å². The van der Waals surface area contributed by atoms with Gasteiger partial charge in [-0.05, 0) is 6.92 Å². The zero-order chi connectivity index (χ0) is 7.33. The van der Waals surface area contributed by atoms with Crippen LogP contribution in [0.2, 0.25) is 0 Å². The first kappa shape index (κ1) is 13.6. The fourth-order valence-electron chi connectivity index (χ4n) is 0.497. The average molecular weight is 221 g/mol. The summed E-state index contributed by atoms with van der Waals surface area (Å²) in [7, 11) is 6.16. The molecule has 0 aromatic heterocycles. The molecule has 0 aliphatic carbocycles. The Bertz CT molecular complexity index is 76.0. The van der Waals surface area contributed by atoms with E-state index in [9.17, 15) is 0 Å². The van der Waals surface area contributed by atoms with E-state index in [4.69, 9.17) is 4.74 Å². The van der Waals surface area contributed by atoms with Crippen LogP contribution in [-0.2, 0) is 37.4 Å². The Kier molecular flexibility index (Phi) is 9.14. The predicted octanol–water partition coefficient (Wildman–Crippen LogP) is 0.727. The molecule has 0 unspecified atom stereocenters. The fourth-order valence-corrected chi connectivity index (χ4v) is 0.497. The van der Waals surface area contributed by atoms with Crippen molar-refractivity contribution in [2.75, 3.05) is 40.9 Å². The maximum absolute atomic E-state index is 4.96. The molecule has 0 saturated heterocycles.